The summed E-state index contributed by atoms with van der Waals surface area (Å²) in [4.78, 5) is 0. The summed E-state index contributed by atoms with van der Waals surface area (Å²) in [5.41, 5.74) is -0.167. The summed E-state index contributed by atoms with van der Waals surface area (Å²) in [6.45, 7) is 0. The first-order valence-corrected chi connectivity index (χ1v) is 4.91. The van der Waals surface area contributed by atoms with Crippen LogP contribution in [0.5, 0.6) is 0 Å². The molecule has 0 aliphatic heterocycles. The van der Waals surface area contributed by atoms with Crippen molar-refractivity contribution >= 4 is 43.5 Å². The summed E-state index contributed by atoms with van der Waals surface area (Å²) in [7, 11) is 0. The average molecular weight is 320 g/mol. The van der Waals surface area contributed by atoms with E-state index in [1.807, 2.05) is 0 Å². The lowest BCUT2D eigenvalue weighted by Gasteiger charge is -2.05. The molecule has 66 valence electrons. The normalized spacial score (nSPS) is 10.8. The van der Waals surface area contributed by atoms with Crippen molar-refractivity contribution < 1.29 is 8.78 Å². The molecule has 1 rings (SSSR count). The molecule has 0 aromatic heterocycles. The number of halogens is 5. The molecular formula is C7H3Br2ClF2. The van der Waals surface area contributed by atoms with E-state index in [0.717, 1.165) is 0 Å². The first kappa shape index (κ1) is 10.4. The van der Waals surface area contributed by atoms with Crippen molar-refractivity contribution in [2.75, 3.05) is 0 Å². The number of rotatable bonds is 1. The van der Waals surface area contributed by atoms with Crippen molar-refractivity contribution in [2.24, 2.45) is 0 Å². The summed E-state index contributed by atoms with van der Waals surface area (Å²) in [6.07, 6.45) is -2.56. The second-order valence-electron chi connectivity index (χ2n) is 2.08. The Morgan fingerprint density at radius 3 is 2.25 bits per heavy atom. The fourth-order valence-electron chi connectivity index (χ4n) is 0.762. The second kappa shape index (κ2) is 4.03. The van der Waals surface area contributed by atoms with E-state index in [1.54, 1.807) is 0 Å². The Morgan fingerprint density at radius 2 is 1.83 bits per heavy atom. The van der Waals surface area contributed by atoms with E-state index in [4.69, 9.17) is 11.6 Å². The van der Waals surface area contributed by atoms with Crippen molar-refractivity contribution in [2.45, 2.75) is 6.43 Å². The van der Waals surface area contributed by atoms with Crippen molar-refractivity contribution in [3.05, 3.63) is 31.7 Å². The van der Waals surface area contributed by atoms with Crippen LogP contribution in [0.2, 0.25) is 5.02 Å². The third-order valence-corrected chi connectivity index (χ3v) is 2.69. The van der Waals surface area contributed by atoms with E-state index in [1.165, 1.54) is 12.1 Å². The van der Waals surface area contributed by atoms with Crippen LogP contribution in [0, 0.1) is 0 Å². The Kier molecular flexibility index (Phi) is 3.49. The highest BCUT2D eigenvalue weighted by atomic mass is 79.9. The predicted molar refractivity (Wildman–Crippen MR) is 51.8 cm³/mol. The fourth-order valence-corrected chi connectivity index (χ4v) is 2.71. The molecule has 0 radical (unpaired) electrons. The van der Waals surface area contributed by atoms with E-state index in [-0.39, 0.29) is 10.6 Å². The van der Waals surface area contributed by atoms with Crippen LogP contribution in [0.4, 0.5) is 8.78 Å². The smallest absolute Gasteiger partial charge is 0.205 e. The third-order valence-electron chi connectivity index (χ3n) is 1.26. The molecule has 1 aromatic rings. The molecule has 12 heavy (non-hydrogen) atoms. The molecule has 0 saturated heterocycles. The minimum atomic E-state index is -2.56. The van der Waals surface area contributed by atoms with Crippen LogP contribution >= 0.6 is 43.5 Å². The molecule has 0 atom stereocenters. The number of alkyl halides is 2. The van der Waals surface area contributed by atoms with E-state index >= 15 is 0 Å². The molecule has 0 N–H and O–H groups in total. The lowest BCUT2D eigenvalue weighted by molar-refractivity contribution is 0.150. The fraction of sp³-hybridized carbons (Fsp3) is 0.143. The third kappa shape index (κ3) is 2.18. The van der Waals surface area contributed by atoms with Crippen LogP contribution in [0.1, 0.15) is 12.0 Å². The zero-order valence-corrected chi connectivity index (χ0v) is 9.55. The van der Waals surface area contributed by atoms with Gasteiger partial charge in [0.25, 0.3) is 6.43 Å². The van der Waals surface area contributed by atoms with Crippen LogP contribution in [-0.2, 0) is 0 Å². The highest BCUT2D eigenvalue weighted by Crippen LogP contribution is 2.35. The highest BCUT2D eigenvalue weighted by molar-refractivity contribution is 9.11. The van der Waals surface area contributed by atoms with Gasteiger partial charge in [0.1, 0.15) is 0 Å². The van der Waals surface area contributed by atoms with Crippen LogP contribution in [0.25, 0.3) is 0 Å². The Balaban J connectivity index is 3.28. The monoisotopic (exact) mass is 318 g/mol. The van der Waals surface area contributed by atoms with Crippen molar-refractivity contribution in [1.82, 2.24) is 0 Å². The van der Waals surface area contributed by atoms with Gasteiger partial charge in [-0.25, -0.2) is 8.78 Å². The number of hydrogen-bond donors (Lipinski definition) is 0. The summed E-state index contributed by atoms with van der Waals surface area (Å²) in [5.74, 6) is 0. The molecule has 0 saturated carbocycles. The summed E-state index contributed by atoms with van der Waals surface area (Å²) in [5, 5.41) is 0.0613. The van der Waals surface area contributed by atoms with Gasteiger partial charge < -0.3 is 0 Å². The molecule has 0 fully saturated rings. The minimum absolute atomic E-state index is 0.0613. The maximum absolute atomic E-state index is 12.3. The lowest BCUT2D eigenvalue weighted by atomic mass is 10.2. The molecule has 0 aliphatic carbocycles. The molecule has 0 heterocycles. The van der Waals surface area contributed by atoms with Crippen LogP contribution in [-0.4, -0.2) is 0 Å². The van der Waals surface area contributed by atoms with Gasteiger partial charge in [-0.1, -0.05) is 43.5 Å². The van der Waals surface area contributed by atoms with Crippen LogP contribution in [0.3, 0.4) is 0 Å². The molecule has 0 nitrogen and oxygen atoms in total. The van der Waals surface area contributed by atoms with Gasteiger partial charge in [0.05, 0.1) is 10.6 Å². The zero-order valence-electron chi connectivity index (χ0n) is 5.62. The molecule has 0 spiro atoms. The van der Waals surface area contributed by atoms with Crippen molar-refractivity contribution in [1.29, 1.82) is 0 Å². The summed E-state index contributed by atoms with van der Waals surface area (Å²) >= 11 is 11.7. The van der Waals surface area contributed by atoms with Crippen LogP contribution in [0.15, 0.2) is 21.1 Å². The van der Waals surface area contributed by atoms with Gasteiger partial charge in [0.15, 0.2) is 0 Å². The minimum Gasteiger partial charge on any atom is -0.205 e. The Morgan fingerprint density at radius 1 is 1.25 bits per heavy atom. The maximum Gasteiger partial charge on any atom is 0.266 e. The summed E-state index contributed by atoms with van der Waals surface area (Å²) < 4.78 is 25.6. The predicted octanol–water partition coefficient (Wildman–Crippen LogP) is 4.80. The summed E-state index contributed by atoms with van der Waals surface area (Å²) in [6, 6.07) is 2.97. The molecule has 5 heteroatoms. The van der Waals surface area contributed by atoms with Gasteiger partial charge >= 0.3 is 0 Å². The van der Waals surface area contributed by atoms with Gasteiger partial charge in [-0.15, -0.1) is 0 Å². The average Bonchev–Trinajstić information content (AvgIpc) is 1.82. The first-order chi connectivity index (χ1) is 5.52. The molecule has 0 amide bonds. The molecular weight excluding hydrogens is 317 g/mol. The standard InChI is InChI=1S/C7H3Br2ClF2/c8-3-1-4(9)6(7(11)12)5(10)2-3/h1-2,7H. The van der Waals surface area contributed by atoms with E-state index < -0.39 is 6.43 Å². The lowest BCUT2D eigenvalue weighted by Crippen LogP contribution is -1.87. The Bertz CT molecular complexity index is 278. The van der Waals surface area contributed by atoms with Gasteiger partial charge in [-0.3, -0.25) is 0 Å². The van der Waals surface area contributed by atoms with E-state index in [9.17, 15) is 8.78 Å². The largest absolute Gasteiger partial charge is 0.266 e. The van der Waals surface area contributed by atoms with Crippen molar-refractivity contribution in [3.8, 4) is 0 Å². The number of benzene rings is 1. The van der Waals surface area contributed by atoms with E-state index in [2.05, 4.69) is 31.9 Å². The van der Waals surface area contributed by atoms with Gasteiger partial charge in [-0.2, -0.15) is 0 Å². The quantitative estimate of drug-likeness (QED) is 0.697. The maximum atomic E-state index is 12.3. The SMILES string of the molecule is FC(F)c1c(Cl)cc(Br)cc1Br. The topological polar surface area (TPSA) is 0 Å². The van der Waals surface area contributed by atoms with Gasteiger partial charge in [0, 0.05) is 8.95 Å². The molecule has 0 aliphatic rings. The zero-order chi connectivity index (χ0) is 9.30. The Labute approximate surface area is 90.2 Å². The highest BCUT2D eigenvalue weighted by Gasteiger charge is 2.16. The van der Waals surface area contributed by atoms with E-state index in [0.29, 0.717) is 8.95 Å². The first-order valence-electron chi connectivity index (χ1n) is 2.95. The molecule has 1 aromatic carbocycles. The second-order valence-corrected chi connectivity index (χ2v) is 4.26. The number of hydrogen-bond acceptors (Lipinski definition) is 0. The Hall–Kier alpha value is 0.330. The molecule has 0 bridgehead atoms. The van der Waals surface area contributed by atoms with Crippen LogP contribution < -0.4 is 0 Å². The van der Waals surface area contributed by atoms with Crippen molar-refractivity contribution in [3.63, 3.8) is 0 Å². The molecule has 0 unspecified atom stereocenters. The van der Waals surface area contributed by atoms with Gasteiger partial charge in [0.2, 0.25) is 0 Å². The van der Waals surface area contributed by atoms with Gasteiger partial charge in [-0.05, 0) is 12.1 Å².